The molecular formula is C12H20N2O4. The molecule has 18 heavy (non-hydrogen) atoms. The van der Waals surface area contributed by atoms with Crippen LogP contribution in [-0.4, -0.2) is 53.8 Å². The van der Waals surface area contributed by atoms with Crippen molar-refractivity contribution in [3.63, 3.8) is 0 Å². The molecule has 1 saturated heterocycles. The van der Waals surface area contributed by atoms with E-state index >= 15 is 0 Å². The lowest BCUT2D eigenvalue weighted by Crippen LogP contribution is -2.54. The van der Waals surface area contributed by atoms with E-state index in [0.29, 0.717) is 19.6 Å². The van der Waals surface area contributed by atoms with Crippen LogP contribution < -0.4 is 5.32 Å². The largest absolute Gasteiger partial charge is 0.481 e. The maximum atomic E-state index is 12.0. The summed E-state index contributed by atoms with van der Waals surface area (Å²) in [5, 5.41) is 11.6. The normalized spacial score (nSPS) is 21.2. The van der Waals surface area contributed by atoms with Gasteiger partial charge in [-0.15, -0.1) is 6.58 Å². The summed E-state index contributed by atoms with van der Waals surface area (Å²) < 4.78 is 5.21. The highest BCUT2D eigenvalue weighted by atomic mass is 16.5. The summed E-state index contributed by atoms with van der Waals surface area (Å²) in [5.74, 6) is -0.928. The topological polar surface area (TPSA) is 78.9 Å². The minimum atomic E-state index is -0.928. The Morgan fingerprint density at radius 1 is 1.67 bits per heavy atom. The molecule has 2 amide bonds. The first-order chi connectivity index (χ1) is 8.54. The fourth-order valence-electron chi connectivity index (χ4n) is 1.90. The SMILES string of the molecule is C=CCC(C)NC(=O)N1CCOCC1CC(=O)O. The quantitative estimate of drug-likeness (QED) is 0.714. The standard InChI is InChI=1S/C12H20N2O4/c1-3-4-9(2)13-12(17)14-5-6-18-8-10(14)7-11(15)16/h3,9-10H,1,4-8H2,2H3,(H,13,17)(H,15,16). The molecule has 1 aliphatic rings. The fourth-order valence-corrected chi connectivity index (χ4v) is 1.90. The molecule has 2 unspecified atom stereocenters. The van der Waals surface area contributed by atoms with Gasteiger partial charge in [-0.05, 0) is 13.3 Å². The molecule has 0 spiro atoms. The van der Waals surface area contributed by atoms with Gasteiger partial charge in [0.25, 0.3) is 0 Å². The number of urea groups is 1. The van der Waals surface area contributed by atoms with Crippen molar-refractivity contribution in [2.24, 2.45) is 0 Å². The van der Waals surface area contributed by atoms with Gasteiger partial charge >= 0.3 is 12.0 Å². The van der Waals surface area contributed by atoms with Crippen LogP contribution in [-0.2, 0) is 9.53 Å². The second kappa shape index (κ2) is 7.00. The predicted molar refractivity (Wildman–Crippen MR) is 66.4 cm³/mol. The summed E-state index contributed by atoms with van der Waals surface area (Å²) in [6.45, 7) is 6.63. The van der Waals surface area contributed by atoms with Crippen LogP contribution in [0.4, 0.5) is 4.79 Å². The van der Waals surface area contributed by atoms with Crippen LogP contribution in [0, 0.1) is 0 Å². The third-order valence-corrected chi connectivity index (χ3v) is 2.79. The summed E-state index contributed by atoms with van der Waals surface area (Å²) in [5.41, 5.74) is 0. The first kappa shape index (κ1) is 14.5. The van der Waals surface area contributed by atoms with E-state index in [1.165, 1.54) is 4.90 Å². The van der Waals surface area contributed by atoms with Crippen LogP contribution in [0.3, 0.4) is 0 Å². The Bertz CT molecular complexity index is 319. The average Bonchev–Trinajstić information content (AvgIpc) is 2.28. The van der Waals surface area contributed by atoms with Gasteiger partial charge < -0.3 is 20.1 Å². The number of hydrogen-bond acceptors (Lipinski definition) is 3. The summed E-state index contributed by atoms with van der Waals surface area (Å²) in [6.07, 6.45) is 2.32. The fraction of sp³-hybridized carbons (Fsp3) is 0.667. The molecule has 0 bridgehead atoms. The first-order valence-electron chi connectivity index (χ1n) is 6.02. The molecule has 0 aromatic carbocycles. The van der Waals surface area contributed by atoms with Gasteiger partial charge in [0.2, 0.25) is 0 Å². The van der Waals surface area contributed by atoms with Gasteiger partial charge in [-0.2, -0.15) is 0 Å². The lowest BCUT2D eigenvalue weighted by Gasteiger charge is -2.35. The van der Waals surface area contributed by atoms with E-state index in [1.807, 2.05) is 6.92 Å². The third-order valence-electron chi connectivity index (χ3n) is 2.79. The van der Waals surface area contributed by atoms with Crippen LogP contribution in [0.2, 0.25) is 0 Å². The van der Waals surface area contributed by atoms with Crippen LogP contribution in [0.15, 0.2) is 12.7 Å². The number of carboxylic acid groups (broad SMARTS) is 1. The molecule has 0 saturated carbocycles. The van der Waals surface area contributed by atoms with Gasteiger partial charge in [-0.1, -0.05) is 6.08 Å². The van der Waals surface area contributed by atoms with Crippen molar-refractivity contribution in [1.82, 2.24) is 10.2 Å². The number of ether oxygens (including phenoxy) is 1. The molecule has 0 aromatic heterocycles. The predicted octanol–water partition coefficient (Wildman–Crippen LogP) is 0.836. The van der Waals surface area contributed by atoms with Gasteiger partial charge in [-0.3, -0.25) is 4.79 Å². The van der Waals surface area contributed by atoms with E-state index in [2.05, 4.69) is 11.9 Å². The Labute approximate surface area is 107 Å². The molecule has 1 rings (SSSR count). The highest BCUT2D eigenvalue weighted by molar-refractivity contribution is 5.76. The zero-order chi connectivity index (χ0) is 13.5. The van der Waals surface area contributed by atoms with Gasteiger partial charge in [-0.25, -0.2) is 4.79 Å². The van der Waals surface area contributed by atoms with Crippen molar-refractivity contribution in [1.29, 1.82) is 0 Å². The third kappa shape index (κ3) is 4.37. The lowest BCUT2D eigenvalue weighted by atomic mass is 10.1. The zero-order valence-electron chi connectivity index (χ0n) is 10.6. The molecule has 0 aromatic rings. The molecule has 2 atom stereocenters. The number of rotatable bonds is 5. The zero-order valence-corrected chi connectivity index (χ0v) is 10.6. The van der Waals surface area contributed by atoms with Crippen LogP contribution in [0.5, 0.6) is 0 Å². The second-order valence-corrected chi connectivity index (χ2v) is 4.39. The maximum absolute atomic E-state index is 12.0. The highest BCUT2D eigenvalue weighted by Gasteiger charge is 2.29. The molecule has 1 heterocycles. The van der Waals surface area contributed by atoms with Crippen molar-refractivity contribution in [3.8, 4) is 0 Å². The van der Waals surface area contributed by atoms with E-state index in [9.17, 15) is 9.59 Å². The van der Waals surface area contributed by atoms with Gasteiger partial charge in [0.15, 0.2) is 0 Å². The first-order valence-corrected chi connectivity index (χ1v) is 6.02. The van der Waals surface area contributed by atoms with E-state index in [0.717, 1.165) is 0 Å². The Morgan fingerprint density at radius 2 is 2.39 bits per heavy atom. The minimum absolute atomic E-state index is 0.0108. The lowest BCUT2D eigenvalue weighted by molar-refractivity contribution is -0.139. The van der Waals surface area contributed by atoms with E-state index in [4.69, 9.17) is 9.84 Å². The van der Waals surface area contributed by atoms with Gasteiger partial charge in [0.1, 0.15) is 0 Å². The number of hydrogen-bond donors (Lipinski definition) is 2. The van der Waals surface area contributed by atoms with Gasteiger partial charge in [0, 0.05) is 12.6 Å². The number of nitrogens with one attached hydrogen (secondary N) is 1. The number of aliphatic carboxylic acids is 1. The molecule has 6 heteroatoms. The van der Waals surface area contributed by atoms with Crippen molar-refractivity contribution in [2.75, 3.05) is 19.8 Å². The molecule has 1 fully saturated rings. The summed E-state index contributed by atoms with van der Waals surface area (Å²) in [7, 11) is 0. The van der Waals surface area contributed by atoms with Crippen LogP contribution in [0.25, 0.3) is 0 Å². The van der Waals surface area contributed by atoms with Crippen molar-refractivity contribution < 1.29 is 19.4 Å². The molecular weight excluding hydrogens is 236 g/mol. The van der Waals surface area contributed by atoms with E-state index < -0.39 is 12.0 Å². The van der Waals surface area contributed by atoms with Crippen molar-refractivity contribution >= 4 is 12.0 Å². The smallest absolute Gasteiger partial charge is 0.318 e. The number of carbonyl (C=O) groups is 2. The Morgan fingerprint density at radius 3 is 3.00 bits per heavy atom. The Hall–Kier alpha value is -1.56. The van der Waals surface area contributed by atoms with Crippen molar-refractivity contribution in [2.45, 2.75) is 31.8 Å². The van der Waals surface area contributed by atoms with E-state index in [-0.39, 0.29) is 25.1 Å². The molecule has 1 aliphatic heterocycles. The minimum Gasteiger partial charge on any atom is -0.481 e. The monoisotopic (exact) mass is 256 g/mol. The molecule has 0 radical (unpaired) electrons. The Kier molecular flexibility index (Phi) is 5.64. The molecule has 6 nitrogen and oxygen atoms in total. The highest BCUT2D eigenvalue weighted by Crippen LogP contribution is 2.11. The molecule has 102 valence electrons. The second-order valence-electron chi connectivity index (χ2n) is 4.39. The Balaban J connectivity index is 2.56. The van der Waals surface area contributed by atoms with Crippen LogP contribution >= 0.6 is 0 Å². The van der Waals surface area contributed by atoms with Crippen LogP contribution in [0.1, 0.15) is 19.8 Å². The number of morpholine rings is 1. The number of carboxylic acids is 1. The molecule has 0 aliphatic carbocycles. The number of amides is 2. The maximum Gasteiger partial charge on any atom is 0.318 e. The summed E-state index contributed by atoms with van der Waals surface area (Å²) in [6, 6.07) is -0.644. The molecule has 2 N–H and O–H groups in total. The summed E-state index contributed by atoms with van der Waals surface area (Å²) in [4.78, 5) is 24.3. The van der Waals surface area contributed by atoms with E-state index in [1.54, 1.807) is 6.08 Å². The average molecular weight is 256 g/mol. The number of nitrogens with zero attached hydrogens (tertiary/aromatic N) is 1. The van der Waals surface area contributed by atoms with Gasteiger partial charge in [0.05, 0.1) is 25.7 Å². The van der Waals surface area contributed by atoms with Crippen molar-refractivity contribution in [3.05, 3.63) is 12.7 Å². The summed E-state index contributed by atoms with van der Waals surface area (Å²) >= 11 is 0. The number of carbonyl (C=O) groups excluding carboxylic acids is 1.